The molecule has 0 saturated carbocycles. The molecule has 2 aromatic rings. The number of aromatic hydroxyl groups is 1. The first-order valence-electron chi connectivity index (χ1n) is 7.36. The molecular weight excluding hydrogens is 268 g/mol. The number of nitrogens with zero attached hydrogens (tertiary/aromatic N) is 1. The van der Waals surface area contributed by atoms with Gasteiger partial charge in [0.2, 0.25) is 5.56 Å². The van der Waals surface area contributed by atoms with Gasteiger partial charge in [-0.15, -0.1) is 0 Å². The maximum absolute atomic E-state index is 11.5. The second kappa shape index (κ2) is 5.50. The molecule has 2 heterocycles. The number of H-pyrrole nitrogens is 1. The van der Waals surface area contributed by atoms with Gasteiger partial charge < -0.3 is 14.8 Å². The average molecular weight is 288 g/mol. The Hall–Kier alpha value is -1.85. The number of pyridine rings is 1. The molecule has 0 amide bonds. The Labute approximate surface area is 123 Å². The molecule has 2 unspecified atom stereocenters. The predicted molar refractivity (Wildman–Crippen MR) is 81.4 cm³/mol. The molecule has 0 radical (unpaired) electrons. The molecule has 21 heavy (non-hydrogen) atoms. The maximum atomic E-state index is 11.5. The van der Waals surface area contributed by atoms with Crippen LogP contribution in [-0.4, -0.2) is 34.3 Å². The number of rotatable bonds is 3. The summed E-state index contributed by atoms with van der Waals surface area (Å²) in [6, 6.07) is 7.07. The number of likely N-dealkylation sites (N-methyl/N-ethyl adjacent to an activating group) is 1. The zero-order valence-electron chi connectivity index (χ0n) is 12.3. The Bertz CT molecular complexity index is 710. The number of hydrogen-bond donors (Lipinski definition) is 2. The van der Waals surface area contributed by atoms with Crippen molar-refractivity contribution in [1.82, 2.24) is 9.88 Å². The Morgan fingerprint density at radius 3 is 2.86 bits per heavy atom. The summed E-state index contributed by atoms with van der Waals surface area (Å²) in [6.45, 7) is 5.84. The Balaban J connectivity index is 2.13. The van der Waals surface area contributed by atoms with Crippen LogP contribution in [0.3, 0.4) is 0 Å². The summed E-state index contributed by atoms with van der Waals surface area (Å²) in [4.78, 5) is 16.5. The third kappa shape index (κ3) is 2.32. The molecule has 1 aliphatic heterocycles. The first kappa shape index (κ1) is 14.1. The number of phenols is 1. The molecule has 0 bridgehead atoms. The molecule has 112 valence electrons. The summed E-state index contributed by atoms with van der Waals surface area (Å²) in [5, 5.41) is 10.8. The van der Waals surface area contributed by atoms with Crippen molar-refractivity contribution in [2.75, 3.05) is 13.3 Å². The summed E-state index contributed by atoms with van der Waals surface area (Å²) in [7, 11) is 0. The van der Waals surface area contributed by atoms with Gasteiger partial charge in [-0.1, -0.05) is 19.9 Å². The van der Waals surface area contributed by atoms with E-state index in [0.717, 1.165) is 23.9 Å². The van der Waals surface area contributed by atoms with Crippen LogP contribution in [0.5, 0.6) is 5.75 Å². The van der Waals surface area contributed by atoms with Gasteiger partial charge in [-0.2, -0.15) is 0 Å². The fourth-order valence-corrected chi connectivity index (χ4v) is 3.18. The smallest absolute Gasteiger partial charge is 0.248 e. The van der Waals surface area contributed by atoms with Crippen molar-refractivity contribution in [2.45, 2.75) is 32.4 Å². The normalized spacial score (nSPS) is 23.0. The van der Waals surface area contributed by atoms with Crippen LogP contribution in [0.25, 0.3) is 10.9 Å². The van der Waals surface area contributed by atoms with Crippen LogP contribution in [0.4, 0.5) is 0 Å². The van der Waals surface area contributed by atoms with Gasteiger partial charge in [0.05, 0.1) is 5.52 Å². The van der Waals surface area contributed by atoms with Gasteiger partial charge >= 0.3 is 0 Å². The predicted octanol–water partition coefficient (Wildman–Crippen LogP) is 2.36. The third-order valence-corrected chi connectivity index (χ3v) is 4.28. The molecule has 1 aliphatic rings. The molecule has 2 atom stereocenters. The topological polar surface area (TPSA) is 65.6 Å². The number of ether oxygens (including phenoxy) is 1. The standard InChI is InChI=1S/C16H20N2O3/c1-3-12-16(21-9-18(12)4-2)11-5-7-13(19)15-10(11)6-8-14(20)17-15/h5-8,12,16,19H,3-4,9H2,1-2H3,(H,17,20). The minimum Gasteiger partial charge on any atom is -0.506 e. The lowest BCUT2D eigenvalue weighted by Gasteiger charge is -2.24. The summed E-state index contributed by atoms with van der Waals surface area (Å²) in [5.41, 5.74) is 1.28. The van der Waals surface area contributed by atoms with E-state index < -0.39 is 0 Å². The number of aromatic amines is 1. The second-order valence-corrected chi connectivity index (χ2v) is 5.38. The van der Waals surface area contributed by atoms with Gasteiger partial charge in [-0.3, -0.25) is 9.69 Å². The van der Waals surface area contributed by atoms with E-state index in [1.807, 2.05) is 6.07 Å². The second-order valence-electron chi connectivity index (χ2n) is 5.38. The summed E-state index contributed by atoms with van der Waals surface area (Å²) in [5.74, 6) is 0.0878. The van der Waals surface area contributed by atoms with Crippen molar-refractivity contribution in [1.29, 1.82) is 0 Å². The highest BCUT2D eigenvalue weighted by Gasteiger charge is 2.34. The van der Waals surface area contributed by atoms with Gasteiger partial charge in [-0.05, 0) is 30.7 Å². The largest absolute Gasteiger partial charge is 0.506 e. The van der Waals surface area contributed by atoms with Gasteiger partial charge in [-0.25, -0.2) is 0 Å². The average Bonchev–Trinajstić information content (AvgIpc) is 2.91. The van der Waals surface area contributed by atoms with E-state index in [2.05, 4.69) is 23.7 Å². The summed E-state index contributed by atoms with van der Waals surface area (Å²) >= 11 is 0. The van der Waals surface area contributed by atoms with E-state index in [0.29, 0.717) is 18.3 Å². The highest BCUT2D eigenvalue weighted by Crippen LogP contribution is 2.37. The molecule has 2 N–H and O–H groups in total. The van der Waals surface area contributed by atoms with E-state index in [1.165, 1.54) is 6.07 Å². The lowest BCUT2D eigenvalue weighted by molar-refractivity contribution is 0.0903. The van der Waals surface area contributed by atoms with Crippen LogP contribution in [0.15, 0.2) is 29.1 Å². The minimum absolute atomic E-state index is 0.0380. The van der Waals surface area contributed by atoms with Crippen LogP contribution in [-0.2, 0) is 4.74 Å². The zero-order chi connectivity index (χ0) is 15.0. The van der Waals surface area contributed by atoms with Crippen molar-refractivity contribution in [3.8, 4) is 5.75 Å². The lowest BCUT2D eigenvalue weighted by Crippen LogP contribution is -2.31. The highest BCUT2D eigenvalue weighted by atomic mass is 16.5. The van der Waals surface area contributed by atoms with Crippen LogP contribution < -0.4 is 5.56 Å². The van der Waals surface area contributed by atoms with Crippen LogP contribution in [0.2, 0.25) is 0 Å². The van der Waals surface area contributed by atoms with Crippen LogP contribution in [0, 0.1) is 0 Å². The Kier molecular flexibility index (Phi) is 3.69. The molecular formula is C16H20N2O3. The van der Waals surface area contributed by atoms with E-state index in [4.69, 9.17) is 4.74 Å². The van der Waals surface area contributed by atoms with Crippen LogP contribution >= 0.6 is 0 Å². The van der Waals surface area contributed by atoms with Crippen molar-refractivity contribution >= 4 is 10.9 Å². The van der Waals surface area contributed by atoms with Gasteiger partial charge in [0.15, 0.2) is 0 Å². The molecule has 0 aliphatic carbocycles. The fraction of sp³-hybridized carbons (Fsp3) is 0.438. The summed E-state index contributed by atoms with van der Waals surface area (Å²) in [6.07, 6.45) is 0.952. The summed E-state index contributed by atoms with van der Waals surface area (Å²) < 4.78 is 5.98. The van der Waals surface area contributed by atoms with Gasteiger partial charge in [0.25, 0.3) is 0 Å². The van der Waals surface area contributed by atoms with Crippen molar-refractivity contribution < 1.29 is 9.84 Å². The van der Waals surface area contributed by atoms with Crippen molar-refractivity contribution in [2.24, 2.45) is 0 Å². The van der Waals surface area contributed by atoms with E-state index in [9.17, 15) is 9.90 Å². The first-order valence-corrected chi connectivity index (χ1v) is 7.36. The van der Waals surface area contributed by atoms with E-state index in [-0.39, 0.29) is 17.4 Å². The van der Waals surface area contributed by atoms with Crippen molar-refractivity contribution in [3.05, 3.63) is 40.2 Å². The molecule has 1 aromatic carbocycles. The number of benzene rings is 1. The monoisotopic (exact) mass is 288 g/mol. The fourth-order valence-electron chi connectivity index (χ4n) is 3.18. The van der Waals surface area contributed by atoms with Gasteiger partial charge in [0.1, 0.15) is 18.6 Å². The zero-order valence-corrected chi connectivity index (χ0v) is 12.3. The number of fused-ring (bicyclic) bond motifs is 1. The molecule has 1 saturated heterocycles. The third-order valence-electron chi connectivity index (χ3n) is 4.28. The lowest BCUT2D eigenvalue weighted by atomic mass is 9.96. The SMILES string of the molecule is CCC1C(c2ccc(O)c3[nH]c(=O)ccc23)OCN1CC. The van der Waals surface area contributed by atoms with Crippen LogP contribution in [0.1, 0.15) is 31.9 Å². The Morgan fingerprint density at radius 2 is 2.14 bits per heavy atom. The number of hydrogen-bond acceptors (Lipinski definition) is 4. The quantitative estimate of drug-likeness (QED) is 0.910. The maximum Gasteiger partial charge on any atom is 0.248 e. The molecule has 5 heteroatoms. The van der Waals surface area contributed by atoms with Crippen molar-refractivity contribution in [3.63, 3.8) is 0 Å². The highest BCUT2D eigenvalue weighted by molar-refractivity contribution is 5.87. The van der Waals surface area contributed by atoms with E-state index in [1.54, 1.807) is 12.1 Å². The number of phenolic OH excluding ortho intramolecular Hbond substituents is 1. The number of aromatic nitrogens is 1. The molecule has 1 aromatic heterocycles. The Morgan fingerprint density at radius 1 is 1.33 bits per heavy atom. The molecule has 1 fully saturated rings. The molecule has 0 spiro atoms. The first-order chi connectivity index (χ1) is 10.2. The number of nitrogens with one attached hydrogen (secondary N) is 1. The van der Waals surface area contributed by atoms with E-state index >= 15 is 0 Å². The van der Waals surface area contributed by atoms with Gasteiger partial charge in [0, 0.05) is 17.5 Å². The molecule has 5 nitrogen and oxygen atoms in total. The molecule has 3 rings (SSSR count). The minimum atomic E-state index is -0.218.